The first-order chi connectivity index (χ1) is 10.6. The van der Waals surface area contributed by atoms with E-state index in [1.807, 2.05) is 4.68 Å². The van der Waals surface area contributed by atoms with E-state index in [1.54, 1.807) is 6.20 Å². The topological polar surface area (TPSA) is 113 Å². The predicted octanol–water partition coefficient (Wildman–Crippen LogP) is 1.31. The molecule has 3 rings (SSSR count). The largest absolute Gasteiger partial charge is 0.368 e. The molecule has 7 nitrogen and oxygen atoms in total. The van der Waals surface area contributed by atoms with Gasteiger partial charge >= 0.3 is 0 Å². The Balaban J connectivity index is 2.23. The van der Waals surface area contributed by atoms with Crippen LogP contribution < -0.4 is 11.5 Å². The maximum atomic E-state index is 11.7. The highest BCUT2D eigenvalue weighted by atomic mass is 16.1. The first kappa shape index (κ1) is 14.5. The average Bonchev–Trinajstić information content (AvgIpc) is 2.75. The van der Waals surface area contributed by atoms with Crippen LogP contribution in [0.15, 0.2) is 6.20 Å². The average molecular weight is 300 g/mol. The molecule has 0 aromatic carbocycles. The van der Waals surface area contributed by atoms with Crippen LogP contribution in [-0.4, -0.2) is 25.7 Å². The molecule has 0 atom stereocenters. The van der Waals surface area contributed by atoms with Crippen LogP contribution in [0.25, 0.3) is 11.4 Å². The fourth-order valence-corrected chi connectivity index (χ4v) is 2.93. The van der Waals surface area contributed by atoms with E-state index in [-0.39, 0.29) is 5.95 Å². The molecule has 0 saturated carbocycles. The number of nitrogen functional groups attached to an aromatic ring is 1. The molecule has 0 unspecified atom stereocenters. The standard InChI is InChI=1S/C15H20N6O/c1-2-3-7-21-13-10(12(20-21)14(16)22)6-4-5-9-8-18-15(17)19-11(9)13/h8H,2-7H2,1H3,(H2,16,22)(H2,17,18,19). The summed E-state index contributed by atoms with van der Waals surface area (Å²) in [5.74, 6) is -0.257. The molecule has 0 saturated heterocycles. The predicted molar refractivity (Wildman–Crippen MR) is 83.1 cm³/mol. The van der Waals surface area contributed by atoms with Gasteiger partial charge in [0.1, 0.15) is 0 Å². The highest BCUT2D eigenvalue weighted by Gasteiger charge is 2.27. The lowest BCUT2D eigenvalue weighted by Gasteiger charge is -2.10. The molecule has 0 bridgehead atoms. The van der Waals surface area contributed by atoms with Gasteiger partial charge in [-0.3, -0.25) is 9.48 Å². The summed E-state index contributed by atoms with van der Waals surface area (Å²) < 4.78 is 1.86. The highest BCUT2D eigenvalue weighted by Crippen LogP contribution is 2.33. The van der Waals surface area contributed by atoms with E-state index in [0.717, 1.165) is 61.2 Å². The van der Waals surface area contributed by atoms with Crippen LogP contribution in [0.1, 0.15) is 47.8 Å². The molecule has 0 radical (unpaired) electrons. The molecule has 2 aromatic rings. The summed E-state index contributed by atoms with van der Waals surface area (Å²) in [7, 11) is 0. The number of nitrogens with zero attached hydrogens (tertiary/aromatic N) is 4. The number of aromatic nitrogens is 4. The van der Waals surface area contributed by atoms with Crippen LogP contribution in [-0.2, 0) is 19.4 Å². The molecule has 7 heteroatoms. The fraction of sp³-hybridized carbons (Fsp3) is 0.467. The summed E-state index contributed by atoms with van der Waals surface area (Å²) in [6, 6.07) is 0. The molecule has 116 valence electrons. The van der Waals surface area contributed by atoms with E-state index in [4.69, 9.17) is 11.5 Å². The van der Waals surface area contributed by atoms with E-state index in [0.29, 0.717) is 5.69 Å². The van der Waals surface area contributed by atoms with Crippen molar-refractivity contribution in [3.63, 3.8) is 0 Å². The van der Waals surface area contributed by atoms with Gasteiger partial charge in [-0.25, -0.2) is 9.97 Å². The Labute approximate surface area is 128 Å². The zero-order valence-electron chi connectivity index (χ0n) is 12.7. The second-order valence-corrected chi connectivity index (χ2v) is 5.57. The summed E-state index contributed by atoms with van der Waals surface area (Å²) in [6.45, 7) is 2.85. The van der Waals surface area contributed by atoms with Crippen molar-refractivity contribution < 1.29 is 4.79 Å². The van der Waals surface area contributed by atoms with Crippen LogP contribution in [0.3, 0.4) is 0 Å². The Morgan fingerprint density at radius 2 is 2.23 bits per heavy atom. The molecule has 0 fully saturated rings. The van der Waals surface area contributed by atoms with Gasteiger partial charge in [0.05, 0.1) is 11.4 Å². The van der Waals surface area contributed by atoms with Crippen molar-refractivity contribution in [2.75, 3.05) is 5.73 Å². The van der Waals surface area contributed by atoms with Gasteiger partial charge in [0.2, 0.25) is 5.95 Å². The maximum Gasteiger partial charge on any atom is 0.269 e. The van der Waals surface area contributed by atoms with E-state index in [9.17, 15) is 4.79 Å². The van der Waals surface area contributed by atoms with Gasteiger partial charge in [-0.05, 0) is 31.2 Å². The Morgan fingerprint density at radius 3 is 2.95 bits per heavy atom. The number of nitrogens with two attached hydrogens (primary N) is 2. The van der Waals surface area contributed by atoms with Crippen LogP contribution in [0.5, 0.6) is 0 Å². The summed E-state index contributed by atoms with van der Waals surface area (Å²) in [6.07, 6.45) is 6.31. The summed E-state index contributed by atoms with van der Waals surface area (Å²) >= 11 is 0. The zero-order valence-corrected chi connectivity index (χ0v) is 12.7. The fourth-order valence-electron chi connectivity index (χ4n) is 2.93. The number of amides is 1. The SMILES string of the molecule is CCCCn1nc(C(N)=O)c2c1-c1nc(N)ncc1CCC2. The van der Waals surface area contributed by atoms with Crippen LogP contribution in [0.4, 0.5) is 5.95 Å². The minimum Gasteiger partial charge on any atom is -0.368 e. The molecule has 1 amide bonds. The molecule has 22 heavy (non-hydrogen) atoms. The molecule has 2 heterocycles. The summed E-state index contributed by atoms with van der Waals surface area (Å²) in [5.41, 5.74) is 15.2. The third kappa shape index (κ3) is 2.43. The number of anilines is 1. The van der Waals surface area contributed by atoms with Crippen molar-refractivity contribution in [3.8, 4) is 11.4 Å². The smallest absolute Gasteiger partial charge is 0.269 e. The van der Waals surface area contributed by atoms with Crippen molar-refractivity contribution in [1.82, 2.24) is 19.7 Å². The minimum atomic E-state index is -0.489. The molecule has 1 aliphatic rings. The first-order valence-corrected chi connectivity index (χ1v) is 7.63. The Bertz CT molecular complexity index is 721. The van der Waals surface area contributed by atoms with Crippen LogP contribution in [0.2, 0.25) is 0 Å². The van der Waals surface area contributed by atoms with Crippen molar-refractivity contribution in [2.24, 2.45) is 5.73 Å². The number of aryl methyl sites for hydroxylation is 2. The van der Waals surface area contributed by atoms with Gasteiger partial charge in [0.25, 0.3) is 5.91 Å². The molecule has 0 spiro atoms. The third-order valence-corrected chi connectivity index (χ3v) is 3.99. The van der Waals surface area contributed by atoms with Crippen molar-refractivity contribution in [1.29, 1.82) is 0 Å². The first-order valence-electron chi connectivity index (χ1n) is 7.63. The van der Waals surface area contributed by atoms with Crippen LogP contribution in [0, 0.1) is 0 Å². The number of hydrogen-bond acceptors (Lipinski definition) is 5. The van der Waals surface area contributed by atoms with E-state index in [1.165, 1.54) is 0 Å². The third-order valence-electron chi connectivity index (χ3n) is 3.99. The molecule has 2 aromatic heterocycles. The summed E-state index contributed by atoms with van der Waals surface area (Å²) in [4.78, 5) is 20.2. The summed E-state index contributed by atoms with van der Waals surface area (Å²) in [5, 5.41) is 4.44. The van der Waals surface area contributed by atoms with Crippen LogP contribution >= 0.6 is 0 Å². The number of primary amides is 1. The van der Waals surface area contributed by atoms with Crippen molar-refractivity contribution in [2.45, 2.75) is 45.6 Å². The lowest BCUT2D eigenvalue weighted by atomic mass is 10.1. The van der Waals surface area contributed by atoms with Crippen molar-refractivity contribution in [3.05, 3.63) is 23.0 Å². The second-order valence-electron chi connectivity index (χ2n) is 5.57. The van der Waals surface area contributed by atoms with Gasteiger partial charge in [-0.2, -0.15) is 5.10 Å². The highest BCUT2D eigenvalue weighted by molar-refractivity contribution is 5.94. The quantitative estimate of drug-likeness (QED) is 0.884. The van der Waals surface area contributed by atoms with Gasteiger partial charge in [-0.15, -0.1) is 0 Å². The normalized spacial score (nSPS) is 13.3. The Hall–Kier alpha value is -2.44. The Kier molecular flexibility index (Phi) is 3.79. The number of unbranched alkanes of at least 4 members (excludes halogenated alkanes) is 1. The molecular formula is C15H20N6O. The van der Waals surface area contributed by atoms with Gasteiger partial charge in [0, 0.05) is 18.3 Å². The zero-order chi connectivity index (χ0) is 15.7. The number of hydrogen-bond donors (Lipinski definition) is 2. The van der Waals surface area contributed by atoms with E-state index >= 15 is 0 Å². The van der Waals surface area contributed by atoms with E-state index in [2.05, 4.69) is 22.0 Å². The number of rotatable bonds is 4. The maximum absolute atomic E-state index is 11.7. The lowest BCUT2D eigenvalue weighted by molar-refractivity contribution is 0.0994. The minimum absolute atomic E-state index is 0.232. The molecule has 4 N–H and O–H groups in total. The monoisotopic (exact) mass is 300 g/mol. The number of fused-ring (bicyclic) bond motifs is 3. The molecule has 0 aliphatic heterocycles. The van der Waals surface area contributed by atoms with Crippen molar-refractivity contribution >= 4 is 11.9 Å². The Morgan fingerprint density at radius 1 is 1.41 bits per heavy atom. The lowest BCUT2D eigenvalue weighted by Crippen LogP contribution is -2.14. The second kappa shape index (κ2) is 5.75. The van der Waals surface area contributed by atoms with E-state index < -0.39 is 5.91 Å². The van der Waals surface area contributed by atoms with Gasteiger partial charge in [0.15, 0.2) is 5.69 Å². The number of carbonyl (C=O) groups excluding carboxylic acids is 1. The number of carbonyl (C=O) groups is 1. The molecule has 1 aliphatic carbocycles. The van der Waals surface area contributed by atoms with Gasteiger partial charge in [-0.1, -0.05) is 13.3 Å². The molecular weight excluding hydrogens is 280 g/mol. The van der Waals surface area contributed by atoms with Gasteiger partial charge < -0.3 is 11.5 Å².